The Balaban J connectivity index is 1.94. The van der Waals surface area contributed by atoms with Crippen molar-refractivity contribution < 1.29 is 19.0 Å². The minimum absolute atomic E-state index is 0.334. The van der Waals surface area contributed by atoms with Crippen molar-refractivity contribution in [3.8, 4) is 17.2 Å². The first-order valence-electron chi connectivity index (χ1n) is 8.31. The molecular weight excluding hydrogens is 332 g/mol. The summed E-state index contributed by atoms with van der Waals surface area (Å²) in [5.41, 5.74) is 3.78. The monoisotopic (exact) mass is 356 g/mol. The molecule has 26 heavy (non-hydrogen) atoms. The van der Waals surface area contributed by atoms with Gasteiger partial charge < -0.3 is 14.2 Å². The van der Waals surface area contributed by atoms with Crippen molar-refractivity contribution in [3.63, 3.8) is 0 Å². The lowest BCUT2D eigenvalue weighted by Crippen LogP contribution is -2.17. The zero-order chi connectivity index (χ0) is 18.9. The van der Waals surface area contributed by atoms with E-state index >= 15 is 0 Å². The first-order valence-corrected chi connectivity index (χ1v) is 8.31. The van der Waals surface area contributed by atoms with E-state index in [-0.39, 0.29) is 5.91 Å². The molecule has 0 aliphatic carbocycles. The molecule has 6 heteroatoms. The molecular formula is C20H24N2O4. The lowest BCUT2D eigenvalue weighted by Gasteiger charge is -2.09. The van der Waals surface area contributed by atoms with Crippen LogP contribution in [0.5, 0.6) is 17.2 Å². The molecule has 0 aromatic heterocycles. The number of hydrogen-bond donors (Lipinski definition) is 1. The summed E-state index contributed by atoms with van der Waals surface area (Å²) < 4.78 is 16.0. The number of ether oxygens (including phenoxy) is 3. The zero-order valence-electron chi connectivity index (χ0n) is 15.5. The van der Waals surface area contributed by atoms with Gasteiger partial charge in [-0.25, -0.2) is 5.43 Å². The summed E-state index contributed by atoms with van der Waals surface area (Å²) in [7, 11) is 3.06. The van der Waals surface area contributed by atoms with Crippen LogP contribution in [0.2, 0.25) is 0 Å². The average molecular weight is 356 g/mol. The van der Waals surface area contributed by atoms with Gasteiger partial charge in [0, 0.05) is 5.56 Å². The van der Waals surface area contributed by atoms with Gasteiger partial charge in [-0.1, -0.05) is 13.8 Å². The third-order valence-electron chi connectivity index (χ3n) is 3.49. The van der Waals surface area contributed by atoms with Gasteiger partial charge in [0.25, 0.3) is 5.91 Å². The van der Waals surface area contributed by atoms with Crippen molar-refractivity contribution in [3.05, 3.63) is 53.6 Å². The van der Waals surface area contributed by atoms with Gasteiger partial charge in [-0.2, -0.15) is 5.10 Å². The summed E-state index contributed by atoms with van der Waals surface area (Å²) in [6.45, 7) is 4.87. The number of methoxy groups -OCH3 is 2. The summed E-state index contributed by atoms with van der Waals surface area (Å²) >= 11 is 0. The van der Waals surface area contributed by atoms with E-state index < -0.39 is 0 Å². The Labute approximate surface area is 153 Å². The molecule has 138 valence electrons. The SMILES string of the molecule is COc1ccc(C(=O)N/N=C\c2ccc(OCC(C)C)cc2)cc1OC. The van der Waals surface area contributed by atoms with Crippen LogP contribution in [0.15, 0.2) is 47.6 Å². The van der Waals surface area contributed by atoms with Crippen LogP contribution < -0.4 is 19.6 Å². The Morgan fingerprint density at radius 1 is 1.08 bits per heavy atom. The first kappa shape index (κ1) is 19.3. The molecule has 0 aliphatic heterocycles. The van der Waals surface area contributed by atoms with Crippen LogP contribution in [-0.4, -0.2) is 32.9 Å². The molecule has 0 spiro atoms. The van der Waals surface area contributed by atoms with Crippen molar-refractivity contribution in [1.29, 1.82) is 0 Å². The number of benzene rings is 2. The number of nitrogens with zero attached hydrogens (tertiary/aromatic N) is 1. The highest BCUT2D eigenvalue weighted by Gasteiger charge is 2.09. The van der Waals surface area contributed by atoms with Crippen LogP contribution in [0.3, 0.4) is 0 Å². The highest BCUT2D eigenvalue weighted by Crippen LogP contribution is 2.27. The number of nitrogens with one attached hydrogen (secondary N) is 1. The van der Waals surface area contributed by atoms with E-state index in [4.69, 9.17) is 14.2 Å². The second kappa shape index (κ2) is 9.46. The summed E-state index contributed by atoms with van der Waals surface area (Å²) in [5.74, 6) is 2.00. The third-order valence-corrected chi connectivity index (χ3v) is 3.49. The number of carbonyl (C=O) groups is 1. The summed E-state index contributed by atoms with van der Waals surface area (Å²) in [6, 6.07) is 12.4. The van der Waals surface area contributed by atoms with Crippen LogP contribution in [0.25, 0.3) is 0 Å². The lowest BCUT2D eigenvalue weighted by molar-refractivity contribution is 0.0954. The van der Waals surface area contributed by atoms with Gasteiger partial charge in [-0.15, -0.1) is 0 Å². The Bertz CT molecular complexity index is 755. The molecule has 0 saturated heterocycles. The molecule has 0 saturated carbocycles. The number of hydrogen-bond acceptors (Lipinski definition) is 5. The Kier molecular flexibility index (Phi) is 7.02. The maximum Gasteiger partial charge on any atom is 0.271 e. The fraction of sp³-hybridized carbons (Fsp3) is 0.300. The van der Waals surface area contributed by atoms with Crippen LogP contribution in [0.1, 0.15) is 29.8 Å². The van der Waals surface area contributed by atoms with Crippen molar-refractivity contribution in [2.24, 2.45) is 11.0 Å². The van der Waals surface area contributed by atoms with Crippen molar-refractivity contribution in [2.45, 2.75) is 13.8 Å². The van der Waals surface area contributed by atoms with Crippen molar-refractivity contribution in [2.75, 3.05) is 20.8 Å². The molecule has 2 rings (SSSR count). The molecule has 0 heterocycles. The second-order valence-electron chi connectivity index (χ2n) is 6.04. The molecule has 0 bridgehead atoms. The first-order chi connectivity index (χ1) is 12.5. The maximum atomic E-state index is 12.2. The summed E-state index contributed by atoms with van der Waals surface area (Å²) in [4.78, 5) is 12.2. The fourth-order valence-corrected chi connectivity index (χ4v) is 2.12. The zero-order valence-corrected chi connectivity index (χ0v) is 15.5. The van der Waals surface area contributed by atoms with E-state index in [1.807, 2.05) is 24.3 Å². The van der Waals surface area contributed by atoms with Gasteiger partial charge in [0.2, 0.25) is 0 Å². The quantitative estimate of drug-likeness (QED) is 0.580. The molecule has 0 atom stereocenters. The van der Waals surface area contributed by atoms with Crippen LogP contribution >= 0.6 is 0 Å². The lowest BCUT2D eigenvalue weighted by atomic mass is 10.2. The standard InChI is InChI=1S/C20H24N2O4/c1-14(2)13-26-17-8-5-15(6-9-17)12-21-22-20(23)16-7-10-18(24-3)19(11-16)25-4/h5-12,14H,13H2,1-4H3,(H,22,23)/b21-12-. The number of rotatable bonds is 8. The highest BCUT2D eigenvalue weighted by molar-refractivity contribution is 5.95. The normalized spacial score (nSPS) is 10.8. The second-order valence-corrected chi connectivity index (χ2v) is 6.04. The topological polar surface area (TPSA) is 69.2 Å². The van der Waals surface area contributed by atoms with E-state index in [1.165, 1.54) is 7.11 Å². The Morgan fingerprint density at radius 3 is 2.38 bits per heavy atom. The molecule has 6 nitrogen and oxygen atoms in total. The Morgan fingerprint density at radius 2 is 1.77 bits per heavy atom. The largest absolute Gasteiger partial charge is 0.493 e. The van der Waals surface area contributed by atoms with Gasteiger partial charge in [0.15, 0.2) is 11.5 Å². The van der Waals surface area contributed by atoms with E-state index in [0.29, 0.717) is 29.6 Å². The molecule has 0 radical (unpaired) electrons. The highest BCUT2D eigenvalue weighted by atomic mass is 16.5. The van der Waals surface area contributed by atoms with Gasteiger partial charge in [0.05, 0.1) is 27.0 Å². The molecule has 1 amide bonds. The van der Waals surface area contributed by atoms with Crippen molar-refractivity contribution >= 4 is 12.1 Å². The van der Waals surface area contributed by atoms with Gasteiger partial charge in [-0.3, -0.25) is 4.79 Å². The van der Waals surface area contributed by atoms with Crippen molar-refractivity contribution in [1.82, 2.24) is 5.43 Å². The molecule has 0 unspecified atom stereocenters. The fourth-order valence-electron chi connectivity index (χ4n) is 2.12. The smallest absolute Gasteiger partial charge is 0.271 e. The van der Waals surface area contributed by atoms with Gasteiger partial charge in [-0.05, 0) is 53.9 Å². The predicted octanol–water partition coefficient (Wildman–Crippen LogP) is 3.50. The molecule has 0 aliphatic rings. The molecule has 2 aromatic rings. The molecule has 0 fully saturated rings. The minimum Gasteiger partial charge on any atom is -0.493 e. The third kappa shape index (κ3) is 5.51. The van der Waals surface area contributed by atoms with E-state index in [1.54, 1.807) is 31.5 Å². The molecule has 2 aromatic carbocycles. The number of hydrazone groups is 1. The maximum absolute atomic E-state index is 12.2. The van der Waals surface area contributed by atoms with E-state index in [9.17, 15) is 4.79 Å². The van der Waals surface area contributed by atoms with Crippen LogP contribution in [0.4, 0.5) is 0 Å². The summed E-state index contributed by atoms with van der Waals surface area (Å²) in [5, 5.41) is 3.98. The van der Waals surface area contributed by atoms with Crippen LogP contribution in [-0.2, 0) is 0 Å². The van der Waals surface area contributed by atoms with E-state index in [2.05, 4.69) is 24.4 Å². The predicted molar refractivity (Wildman–Crippen MR) is 101 cm³/mol. The minimum atomic E-state index is -0.334. The summed E-state index contributed by atoms with van der Waals surface area (Å²) in [6.07, 6.45) is 1.57. The average Bonchev–Trinajstić information content (AvgIpc) is 2.66. The van der Waals surface area contributed by atoms with Gasteiger partial charge in [0.1, 0.15) is 5.75 Å². The molecule has 1 N–H and O–H groups in total. The number of amides is 1. The number of carbonyl (C=O) groups excluding carboxylic acids is 1. The van der Waals surface area contributed by atoms with Gasteiger partial charge >= 0.3 is 0 Å². The van der Waals surface area contributed by atoms with Crippen LogP contribution in [0, 0.1) is 5.92 Å². The Hall–Kier alpha value is -3.02. The van der Waals surface area contributed by atoms with E-state index in [0.717, 1.165) is 11.3 Å².